The topological polar surface area (TPSA) is 124 Å². The van der Waals surface area contributed by atoms with E-state index in [2.05, 4.69) is 20.9 Å². The van der Waals surface area contributed by atoms with Crippen molar-refractivity contribution in [3.8, 4) is 0 Å². The first-order valence-corrected chi connectivity index (χ1v) is 9.88. The SMILES string of the molecule is O=C(O)CC(NC(=O)CNC(=O)c1cc(N2CCNCC2)ccc1F)c1cccnc1. The van der Waals surface area contributed by atoms with Crippen molar-refractivity contribution in [2.75, 3.05) is 37.6 Å². The molecule has 1 saturated heterocycles. The smallest absolute Gasteiger partial charge is 0.305 e. The molecule has 0 bridgehead atoms. The van der Waals surface area contributed by atoms with Gasteiger partial charge in [0.15, 0.2) is 0 Å². The van der Waals surface area contributed by atoms with Crippen molar-refractivity contribution in [1.82, 2.24) is 20.9 Å². The standard InChI is InChI=1S/C21H24FN5O4/c22-17-4-3-15(27-8-6-23-7-9-27)10-16(17)21(31)25-13-19(28)26-18(11-20(29)30)14-2-1-5-24-12-14/h1-5,10,12,18,23H,6-9,11,13H2,(H,25,31)(H,26,28)(H,29,30). The highest BCUT2D eigenvalue weighted by atomic mass is 19.1. The van der Waals surface area contributed by atoms with E-state index in [1.165, 1.54) is 24.5 Å². The molecule has 10 heteroatoms. The highest BCUT2D eigenvalue weighted by Crippen LogP contribution is 2.20. The van der Waals surface area contributed by atoms with Crippen molar-refractivity contribution in [1.29, 1.82) is 0 Å². The Kier molecular flexibility index (Phi) is 7.50. The number of carbonyl (C=O) groups excluding carboxylic acids is 2. The van der Waals surface area contributed by atoms with Gasteiger partial charge in [-0.1, -0.05) is 6.07 Å². The van der Waals surface area contributed by atoms with Gasteiger partial charge in [-0.3, -0.25) is 19.4 Å². The minimum absolute atomic E-state index is 0.154. The Morgan fingerprint density at radius 1 is 1.23 bits per heavy atom. The fraction of sp³-hybridized carbons (Fsp3) is 0.333. The van der Waals surface area contributed by atoms with Gasteiger partial charge in [0, 0.05) is 44.3 Å². The first-order valence-electron chi connectivity index (χ1n) is 9.88. The maximum atomic E-state index is 14.2. The molecule has 2 amide bonds. The molecule has 0 saturated carbocycles. The van der Waals surface area contributed by atoms with Gasteiger partial charge in [-0.15, -0.1) is 0 Å². The van der Waals surface area contributed by atoms with Crippen molar-refractivity contribution < 1.29 is 23.9 Å². The van der Waals surface area contributed by atoms with E-state index in [1.54, 1.807) is 18.2 Å². The van der Waals surface area contributed by atoms with Crippen molar-refractivity contribution in [2.24, 2.45) is 0 Å². The summed E-state index contributed by atoms with van der Waals surface area (Å²) in [5.41, 5.74) is 1.10. The van der Waals surface area contributed by atoms with Crippen molar-refractivity contribution >= 4 is 23.5 Å². The first-order chi connectivity index (χ1) is 14.9. The summed E-state index contributed by atoms with van der Waals surface area (Å²) in [6, 6.07) is 6.80. The molecule has 0 spiro atoms. The third-order valence-corrected chi connectivity index (χ3v) is 4.89. The summed E-state index contributed by atoms with van der Waals surface area (Å²) in [5, 5.41) is 17.3. The number of benzene rings is 1. The number of anilines is 1. The highest BCUT2D eigenvalue weighted by molar-refractivity contribution is 5.97. The molecule has 1 aromatic carbocycles. The lowest BCUT2D eigenvalue weighted by atomic mass is 10.1. The second-order valence-electron chi connectivity index (χ2n) is 7.09. The number of aromatic nitrogens is 1. The fourth-order valence-corrected chi connectivity index (χ4v) is 3.32. The van der Waals surface area contributed by atoms with Gasteiger partial charge >= 0.3 is 5.97 Å². The molecule has 2 aromatic rings. The molecule has 164 valence electrons. The van der Waals surface area contributed by atoms with E-state index in [4.69, 9.17) is 5.11 Å². The van der Waals surface area contributed by atoms with E-state index in [0.29, 0.717) is 5.56 Å². The Balaban J connectivity index is 1.61. The van der Waals surface area contributed by atoms with Crippen molar-refractivity contribution in [3.63, 3.8) is 0 Å². The molecule has 2 heterocycles. The molecule has 0 aliphatic carbocycles. The largest absolute Gasteiger partial charge is 0.481 e. The number of carboxylic acids is 1. The lowest BCUT2D eigenvalue weighted by Crippen LogP contribution is -2.43. The molecule has 1 aromatic heterocycles. The average molecular weight is 429 g/mol. The number of aliphatic carboxylic acids is 1. The van der Waals surface area contributed by atoms with E-state index in [9.17, 15) is 18.8 Å². The normalized spacial score (nSPS) is 14.5. The average Bonchev–Trinajstić information content (AvgIpc) is 2.78. The second kappa shape index (κ2) is 10.5. The van der Waals surface area contributed by atoms with Crippen LogP contribution in [0.1, 0.15) is 28.4 Å². The number of piperazine rings is 1. The Bertz CT molecular complexity index is 935. The van der Waals surface area contributed by atoms with Crippen LogP contribution in [0.5, 0.6) is 0 Å². The predicted molar refractivity (Wildman–Crippen MR) is 111 cm³/mol. The van der Waals surface area contributed by atoms with Gasteiger partial charge in [0.1, 0.15) is 5.82 Å². The maximum Gasteiger partial charge on any atom is 0.305 e. The molecule has 1 fully saturated rings. The summed E-state index contributed by atoms with van der Waals surface area (Å²) < 4.78 is 14.2. The minimum Gasteiger partial charge on any atom is -0.481 e. The van der Waals surface area contributed by atoms with Crippen LogP contribution in [0.4, 0.5) is 10.1 Å². The number of halogens is 1. The molecule has 0 radical (unpaired) electrons. The van der Waals surface area contributed by atoms with Gasteiger partial charge in [0.2, 0.25) is 5.91 Å². The molecule has 31 heavy (non-hydrogen) atoms. The van der Waals surface area contributed by atoms with Gasteiger partial charge in [0.05, 0.1) is 24.6 Å². The second-order valence-corrected chi connectivity index (χ2v) is 7.09. The van der Waals surface area contributed by atoms with Crippen LogP contribution in [0.25, 0.3) is 0 Å². The third kappa shape index (κ3) is 6.22. The Labute approximate surface area is 178 Å². The number of hydrogen-bond acceptors (Lipinski definition) is 6. The van der Waals surface area contributed by atoms with Crippen LogP contribution in [0.15, 0.2) is 42.7 Å². The number of carboxylic acid groups (broad SMARTS) is 1. The molecule has 1 aliphatic rings. The summed E-state index contributed by atoms with van der Waals surface area (Å²) in [4.78, 5) is 41.9. The number of hydrogen-bond donors (Lipinski definition) is 4. The molecule has 4 N–H and O–H groups in total. The molecule has 3 rings (SSSR count). The van der Waals surface area contributed by atoms with Crippen LogP contribution in [-0.4, -0.2) is 60.6 Å². The number of nitrogens with zero attached hydrogens (tertiary/aromatic N) is 2. The van der Waals surface area contributed by atoms with Crippen LogP contribution in [0.2, 0.25) is 0 Å². The number of pyridine rings is 1. The first kappa shape index (κ1) is 22.2. The number of rotatable bonds is 8. The van der Waals surface area contributed by atoms with Gasteiger partial charge < -0.3 is 26.0 Å². The summed E-state index contributed by atoms with van der Waals surface area (Å²) in [5.74, 6) is -3.09. The maximum absolute atomic E-state index is 14.2. The highest BCUT2D eigenvalue weighted by Gasteiger charge is 2.20. The van der Waals surface area contributed by atoms with E-state index in [0.717, 1.165) is 31.9 Å². The van der Waals surface area contributed by atoms with Gasteiger partial charge in [-0.05, 0) is 29.8 Å². The summed E-state index contributed by atoms with van der Waals surface area (Å²) >= 11 is 0. The molecular weight excluding hydrogens is 405 g/mol. The quantitative estimate of drug-likeness (QED) is 0.487. The van der Waals surface area contributed by atoms with Crippen molar-refractivity contribution in [2.45, 2.75) is 12.5 Å². The lowest BCUT2D eigenvalue weighted by molar-refractivity contribution is -0.137. The van der Waals surface area contributed by atoms with Crippen LogP contribution in [0.3, 0.4) is 0 Å². The van der Waals surface area contributed by atoms with Gasteiger partial charge in [-0.25, -0.2) is 4.39 Å². The van der Waals surface area contributed by atoms with Crippen LogP contribution < -0.4 is 20.9 Å². The molecule has 1 atom stereocenters. The molecule has 9 nitrogen and oxygen atoms in total. The predicted octanol–water partition coefficient (Wildman–Crippen LogP) is 0.692. The Morgan fingerprint density at radius 2 is 2.00 bits per heavy atom. The monoisotopic (exact) mass is 429 g/mol. The molecular formula is C21H24FN5O4. The summed E-state index contributed by atoms with van der Waals surface area (Å²) in [7, 11) is 0. The zero-order valence-corrected chi connectivity index (χ0v) is 16.8. The fourth-order valence-electron chi connectivity index (χ4n) is 3.32. The number of carbonyl (C=O) groups is 3. The van der Waals surface area contributed by atoms with E-state index >= 15 is 0 Å². The van der Waals surface area contributed by atoms with E-state index in [-0.39, 0.29) is 12.0 Å². The zero-order valence-electron chi connectivity index (χ0n) is 16.8. The zero-order chi connectivity index (χ0) is 22.2. The number of amides is 2. The molecule has 1 unspecified atom stereocenters. The van der Waals surface area contributed by atoms with Crippen LogP contribution in [0, 0.1) is 5.82 Å². The molecule has 1 aliphatic heterocycles. The van der Waals surface area contributed by atoms with E-state index < -0.39 is 36.2 Å². The van der Waals surface area contributed by atoms with Crippen LogP contribution >= 0.6 is 0 Å². The lowest BCUT2D eigenvalue weighted by Gasteiger charge is -2.29. The Morgan fingerprint density at radius 3 is 2.68 bits per heavy atom. The number of nitrogens with one attached hydrogen (secondary N) is 3. The summed E-state index contributed by atoms with van der Waals surface area (Å²) in [6.07, 6.45) is 2.66. The minimum atomic E-state index is -1.09. The van der Waals surface area contributed by atoms with Crippen molar-refractivity contribution in [3.05, 3.63) is 59.7 Å². The van der Waals surface area contributed by atoms with Crippen LogP contribution in [-0.2, 0) is 9.59 Å². The van der Waals surface area contributed by atoms with E-state index in [1.807, 2.05) is 4.90 Å². The van der Waals surface area contributed by atoms with Gasteiger partial charge in [0.25, 0.3) is 5.91 Å². The van der Waals surface area contributed by atoms with Gasteiger partial charge in [-0.2, -0.15) is 0 Å². The third-order valence-electron chi connectivity index (χ3n) is 4.89. The summed E-state index contributed by atoms with van der Waals surface area (Å²) in [6.45, 7) is 2.66. The Hall–Kier alpha value is -3.53.